The van der Waals surface area contributed by atoms with Crippen LogP contribution in [0.15, 0.2) is 47.4 Å². The first kappa shape index (κ1) is 20.1. The molecule has 0 unspecified atom stereocenters. The van der Waals surface area contributed by atoms with Gasteiger partial charge in [-0.1, -0.05) is 36.2 Å². The fourth-order valence-electron chi connectivity index (χ4n) is 2.95. The highest BCUT2D eigenvalue weighted by atomic mass is 35.5. The van der Waals surface area contributed by atoms with Crippen molar-refractivity contribution >= 4 is 44.8 Å². The number of rotatable bonds is 4. The van der Waals surface area contributed by atoms with Gasteiger partial charge in [-0.2, -0.15) is 4.31 Å². The molecule has 8 heteroatoms. The summed E-state index contributed by atoms with van der Waals surface area (Å²) in [5.41, 5.74) is 0.727. The summed E-state index contributed by atoms with van der Waals surface area (Å²) in [6.45, 7) is 3.18. The molecule has 1 saturated heterocycles. The zero-order valence-electron chi connectivity index (χ0n) is 14.8. The van der Waals surface area contributed by atoms with Crippen LogP contribution in [0, 0.1) is 5.92 Å². The lowest BCUT2D eigenvalue weighted by atomic mass is 10.0. The summed E-state index contributed by atoms with van der Waals surface area (Å²) < 4.78 is 27.0. The number of sulfonamides is 1. The van der Waals surface area contributed by atoms with E-state index < -0.39 is 15.9 Å². The van der Waals surface area contributed by atoms with Gasteiger partial charge < -0.3 is 5.32 Å². The molecule has 0 atom stereocenters. The first-order chi connectivity index (χ1) is 12.8. The molecule has 1 N–H and O–H groups in total. The summed E-state index contributed by atoms with van der Waals surface area (Å²) in [6, 6.07) is 10.9. The fourth-order valence-corrected chi connectivity index (χ4v) is 4.76. The summed E-state index contributed by atoms with van der Waals surface area (Å²) in [6.07, 6.45) is 1.72. The van der Waals surface area contributed by atoms with Crippen molar-refractivity contribution in [3.05, 3.63) is 58.1 Å². The van der Waals surface area contributed by atoms with Gasteiger partial charge in [0.1, 0.15) is 0 Å². The molecule has 0 aliphatic carbocycles. The quantitative estimate of drug-likeness (QED) is 0.772. The molecule has 1 aliphatic rings. The van der Waals surface area contributed by atoms with Crippen molar-refractivity contribution < 1.29 is 13.2 Å². The second-order valence-electron chi connectivity index (χ2n) is 6.67. The van der Waals surface area contributed by atoms with Crippen molar-refractivity contribution in [3.8, 4) is 0 Å². The summed E-state index contributed by atoms with van der Waals surface area (Å²) >= 11 is 12.0. The lowest BCUT2D eigenvalue weighted by Gasteiger charge is -2.29. The van der Waals surface area contributed by atoms with E-state index in [0.717, 1.165) is 12.8 Å². The molecular formula is C19H20Cl2N2O3S. The standard InChI is InChI=1S/C19H20Cl2N2O3S/c1-13-9-11-23(12-10-13)27(25,26)15-7-5-14(6-8-15)19(24)22-17-4-2-3-16(20)18(17)21/h2-8,13H,9-12H2,1H3,(H,22,24). The zero-order valence-corrected chi connectivity index (χ0v) is 17.1. The number of halogens is 2. The predicted molar refractivity (Wildman–Crippen MR) is 108 cm³/mol. The summed E-state index contributed by atoms with van der Waals surface area (Å²) in [5, 5.41) is 3.27. The van der Waals surface area contributed by atoms with E-state index in [9.17, 15) is 13.2 Å². The second kappa shape index (κ2) is 8.19. The Balaban J connectivity index is 1.74. The van der Waals surface area contributed by atoms with Crippen LogP contribution in [0.5, 0.6) is 0 Å². The number of anilines is 1. The van der Waals surface area contributed by atoms with Crippen LogP contribution in [-0.2, 0) is 10.0 Å². The molecule has 144 valence electrons. The molecule has 0 radical (unpaired) electrons. The van der Waals surface area contributed by atoms with Crippen LogP contribution < -0.4 is 5.32 Å². The third-order valence-corrected chi connectivity index (χ3v) is 7.43. The highest BCUT2D eigenvalue weighted by Gasteiger charge is 2.28. The smallest absolute Gasteiger partial charge is 0.255 e. The van der Waals surface area contributed by atoms with E-state index in [0.29, 0.717) is 35.3 Å². The molecule has 1 fully saturated rings. The summed E-state index contributed by atoms with van der Waals surface area (Å²) in [7, 11) is -3.54. The van der Waals surface area contributed by atoms with E-state index in [1.165, 1.54) is 28.6 Å². The number of amides is 1. The maximum Gasteiger partial charge on any atom is 0.255 e. The maximum atomic E-state index is 12.7. The topological polar surface area (TPSA) is 66.5 Å². The van der Waals surface area contributed by atoms with Crippen LogP contribution in [-0.4, -0.2) is 31.7 Å². The Kier molecular flexibility index (Phi) is 6.11. The van der Waals surface area contributed by atoms with Crippen LogP contribution in [0.25, 0.3) is 0 Å². The van der Waals surface area contributed by atoms with Gasteiger partial charge in [-0.3, -0.25) is 4.79 Å². The lowest BCUT2D eigenvalue weighted by molar-refractivity contribution is 0.102. The number of nitrogens with one attached hydrogen (secondary N) is 1. The van der Waals surface area contributed by atoms with Crippen molar-refractivity contribution in [3.63, 3.8) is 0 Å². The average Bonchev–Trinajstić information content (AvgIpc) is 2.66. The van der Waals surface area contributed by atoms with Crippen LogP contribution in [0.4, 0.5) is 5.69 Å². The molecule has 0 bridgehead atoms. The molecule has 0 saturated carbocycles. The number of piperidine rings is 1. The Morgan fingerprint density at radius 3 is 2.33 bits per heavy atom. The molecule has 2 aromatic carbocycles. The zero-order chi connectivity index (χ0) is 19.6. The molecule has 5 nitrogen and oxygen atoms in total. The van der Waals surface area contributed by atoms with E-state index in [4.69, 9.17) is 23.2 Å². The van der Waals surface area contributed by atoms with Crippen LogP contribution in [0.1, 0.15) is 30.1 Å². The molecule has 1 amide bonds. The van der Waals surface area contributed by atoms with Crippen molar-refractivity contribution in [1.82, 2.24) is 4.31 Å². The Hall–Kier alpha value is -1.60. The van der Waals surface area contributed by atoms with Gasteiger partial charge in [-0.05, 0) is 55.2 Å². The lowest BCUT2D eigenvalue weighted by Crippen LogP contribution is -2.37. The minimum atomic E-state index is -3.54. The molecule has 2 aromatic rings. The van der Waals surface area contributed by atoms with Gasteiger partial charge in [0.25, 0.3) is 5.91 Å². The molecule has 0 spiro atoms. The third-order valence-electron chi connectivity index (χ3n) is 4.70. The van der Waals surface area contributed by atoms with Gasteiger partial charge in [0.05, 0.1) is 20.6 Å². The first-order valence-electron chi connectivity index (χ1n) is 8.64. The number of carbonyl (C=O) groups is 1. The minimum absolute atomic E-state index is 0.189. The molecule has 3 rings (SSSR count). The van der Waals surface area contributed by atoms with Gasteiger partial charge in [-0.15, -0.1) is 0 Å². The Labute approximate surface area is 169 Å². The Morgan fingerprint density at radius 2 is 1.70 bits per heavy atom. The molecular weight excluding hydrogens is 407 g/mol. The van der Waals surface area contributed by atoms with E-state index >= 15 is 0 Å². The van der Waals surface area contributed by atoms with E-state index in [1.807, 2.05) is 0 Å². The second-order valence-corrected chi connectivity index (χ2v) is 9.39. The fraction of sp³-hybridized carbons (Fsp3) is 0.316. The first-order valence-corrected chi connectivity index (χ1v) is 10.8. The number of hydrogen-bond acceptors (Lipinski definition) is 3. The number of nitrogens with zero attached hydrogens (tertiary/aromatic N) is 1. The number of hydrogen-bond donors (Lipinski definition) is 1. The highest BCUT2D eigenvalue weighted by Crippen LogP contribution is 2.30. The highest BCUT2D eigenvalue weighted by molar-refractivity contribution is 7.89. The average molecular weight is 427 g/mol. The van der Waals surface area contributed by atoms with E-state index in [2.05, 4.69) is 12.2 Å². The molecule has 27 heavy (non-hydrogen) atoms. The van der Waals surface area contributed by atoms with Gasteiger partial charge in [-0.25, -0.2) is 8.42 Å². The van der Waals surface area contributed by atoms with Crippen LogP contribution >= 0.6 is 23.2 Å². The maximum absolute atomic E-state index is 12.7. The molecule has 1 heterocycles. The van der Waals surface area contributed by atoms with Crippen molar-refractivity contribution in [2.24, 2.45) is 5.92 Å². The Bertz CT molecular complexity index is 938. The van der Waals surface area contributed by atoms with Crippen molar-refractivity contribution in [2.45, 2.75) is 24.7 Å². The number of carbonyl (C=O) groups excluding carboxylic acids is 1. The number of benzene rings is 2. The summed E-state index contributed by atoms with van der Waals surface area (Å²) in [4.78, 5) is 12.6. The third kappa shape index (κ3) is 4.46. The van der Waals surface area contributed by atoms with E-state index in [1.54, 1.807) is 18.2 Å². The van der Waals surface area contributed by atoms with E-state index in [-0.39, 0.29) is 9.92 Å². The molecule has 1 aliphatic heterocycles. The monoisotopic (exact) mass is 426 g/mol. The Morgan fingerprint density at radius 1 is 1.07 bits per heavy atom. The summed E-state index contributed by atoms with van der Waals surface area (Å²) in [5.74, 6) is 0.149. The predicted octanol–water partition coefficient (Wildman–Crippen LogP) is 4.67. The van der Waals surface area contributed by atoms with Crippen molar-refractivity contribution in [1.29, 1.82) is 0 Å². The molecule has 0 aromatic heterocycles. The van der Waals surface area contributed by atoms with Crippen LogP contribution in [0.2, 0.25) is 10.0 Å². The van der Waals surface area contributed by atoms with Gasteiger partial charge >= 0.3 is 0 Å². The normalized spacial score (nSPS) is 16.3. The van der Waals surface area contributed by atoms with Gasteiger partial charge in [0, 0.05) is 18.7 Å². The van der Waals surface area contributed by atoms with Crippen molar-refractivity contribution in [2.75, 3.05) is 18.4 Å². The minimum Gasteiger partial charge on any atom is -0.321 e. The van der Waals surface area contributed by atoms with Gasteiger partial charge in [0.2, 0.25) is 10.0 Å². The largest absolute Gasteiger partial charge is 0.321 e. The SMILES string of the molecule is CC1CCN(S(=O)(=O)c2ccc(C(=O)Nc3cccc(Cl)c3Cl)cc2)CC1. The van der Waals surface area contributed by atoms with Crippen LogP contribution in [0.3, 0.4) is 0 Å². The van der Waals surface area contributed by atoms with Gasteiger partial charge in [0.15, 0.2) is 0 Å².